The minimum atomic E-state index is -0.914. The lowest BCUT2D eigenvalue weighted by molar-refractivity contribution is -0.140. The first-order valence-electron chi connectivity index (χ1n) is 6.48. The summed E-state index contributed by atoms with van der Waals surface area (Å²) in [5.74, 6) is 0.0405. The molecule has 1 atom stereocenters. The van der Waals surface area contributed by atoms with Gasteiger partial charge in [0.1, 0.15) is 6.04 Å². The fourth-order valence-corrected chi connectivity index (χ4v) is 3.12. The first-order valence-corrected chi connectivity index (χ1v) is 7.63. The van der Waals surface area contributed by atoms with Crippen molar-refractivity contribution in [1.82, 2.24) is 14.7 Å². The van der Waals surface area contributed by atoms with Crippen LogP contribution in [0.4, 0.5) is 4.79 Å². The number of carbonyl (C=O) groups is 2. The number of thioether (sulfide) groups is 1. The number of carboxylic acids is 1. The number of urea groups is 1. The van der Waals surface area contributed by atoms with E-state index < -0.39 is 12.0 Å². The van der Waals surface area contributed by atoms with E-state index in [0.29, 0.717) is 24.7 Å². The van der Waals surface area contributed by atoms with E-state index in [0.717, 1.165) is 13.0 Å². The molecule has 1 rings (SSSR count). The number of hydrogen-bond donors (Lipinski definition) is 1. The number of aliphatic carboxylic acids is 1. The van der Waals surface area contributed by atoms with Gasteiger partial charge in [-0.2, -0.15) is 0 Å². The molecule has 1 heterocycles. The van der Waals surface area contributed by atoms with Gasteiger partial charge >= 0.3 is 12.0 Å². The zero-order valence-corrected chi connectivity index (χ0v) is 12.7. The van der Waals surface area contributed by atoms with Gasteiger partial charge in [0, 0.05) is 18.8 Å². The zero-order chi connectivity index (χ0) is 14.4. The number of nitrogens with zero attached hydrogens (tertiary/aromatic N) is 3. The molecule has 1 aliphatic heterocycles. The molecule has 19 heavy (non-hydrogen) atoms. The van der Waals surface area contributed by atoms with Crippen molar-refractivity contribution in [3.8, 4) is 0 Å². The topological polar surface area (TPSA) is 64.1 Å². The van der Waals surface area contributed by atoms with E-state index in [1.807, 2.05) is 21.0 Å². The van der Waals surface area contributed by atoms with Crippen LogP contribution in [0.1, 0.15) is 13.3 Å². The average molecular weight is 289 g/mol. The molecule has 110 valence electrons. The Kier molecular flexibility index (Phi) is 6.44. The molecule has 0 aromatic rings. The van der Waals surface area contributed by atoms with E-state index in [-0.39, 0.29) is 6.03 Å². The molecule has 7 heteroatoms. The van der Waals surface area contributed by atoms with Crippen LogP contribution in [0.25, 0.3) is 0 Å². The van der Waals surface area contributed by atoms with Crippen molar-refractivity contribution < 1.29 is 14.7 Å². The second-order valence-electron chi connectivity index (χ2n) is 4.84. The summed E-state index contributed by atoms with van der Waals surface area (Å²) in [6, 6.07) is -0.834. The van der Waals surface area contributed by atoms with Crippen LogP contribution in [-0.4, -0.2) is 83.2 Å². The molecule has 0 spiro atoms. The molecule has 0 aliphatic carbocycles. The largest absolute Gasteiger partial charge is 0.480 e. The third kappa shape index (κ3) is 4.58. The minimum Gasteiger partial charge on any atom is -0.480 e. The van der Waals surface area contributed by atoms with Crippen molar-refractivity contribution in [3.63, 3.8) is 0 Å². The summed E-state index contributed by atoms with van der Waals surface area (Å²) in [5, 5.41) is 9.10. The molecule has 1 saturated heterocycles. The van der Waals surface area contributed by atoms with Gasteiger partial charge in [0.15, 0.2) is 0 Å². The lowest BCUT2D eigenvalue weighted by Crippen LogP contribution is -2.49. The number of amides is 2. The van der Waals surface area contributed by atoms with Crippen LogP contribution in [0.3, 0.4) is 0 Å². The smallest absolute Gasteiger partial charge is 0.327 e. The quantitative estimate of drug-likeness (QED) is 0.785. The Labute approximate surface area is 118 Å². The van der Waals surface area contributed by atoms with Crippen molar-refractivity contribution in [2.45, 2.75) is 19.4 Å². The monoisotopic (exact) mass is 289 g/mol. The third-order valence-electron chi connectivity index (χ3n) is 3.10. The maximum absolute atomic E-state index is 12.3. The van der Waals surface area contributed by atoms with Gasteiger partial charge in [0.25, 0.3) is 0 Å². The highest BCUT2D eigenvalue weighted by atomic mass is 32.2. The normalized spacial score (nSPS) is 18.9. The Morgan fingerprint density at radius 3 is 2.58 bits per heavy atom. The molecule has 6 nitrogen and oxygen atoms in total. The van der Waals surface area contributed by atoms with Crippen LogP contribution in [0.2, 0.25) is 0 Å². The van der Waals surface area contributed by atoms with Crippen LogP contribution < -0.4 is 0 Å². The van der Waals surface area contributed by atoms with Crippen LogP contribution in [0.15, 0.2) is 0 Å². The molecule has 0 radical (unpaired) electrons. The van der Waals surface area contributed by atoms with E-state index >= 15 is 0 Å². The molecule has 0 bridgehead atoms. The first kappa shape index (κ1) is 16.1. The predicted octanol–water partition coefficient (Wildman–Crippen LogP) is 0.839. The fourth-order valence-electron chi connectivity index (χ4n) is 1.98. The Hall–Kier alpha value is -0.950. The molecule has 0 aromatic carbocycles. The van der Waals surface area contributed by atoms with Gasteiger partial charge in [-0.25, -0.2) is 9.59 Å². The standard InChI is InChI=1S/C12H23N3O3S/c1-4-14(7-5-6-13(2)3)12(18)15-9-19-8-10(15)11(16)17/h10H,4-9H2,1-3H3,(H,16,17). The highest BCUT2D eigenvalue weighted by molar-refractivity contribution is 7.99. The molecule has 0 aromatic heterocycles. The van der Waals surface area contributed by atoms with Crippen LogP contribution >= 0.6 is 11.8 Å². The van der Waals surface area contributed by atoms with Gasteiger partial charge in [-0.05, 0) is 34.0 Å². The van der Waals surface area contributed by atoms with E-state index in [2.05, 4.69) is 4.90 Å². The van der Waals surface area contributed by atoms with E-state index in [9.17, 15) is 9.59 Å². The number of rotatable bonds is 6. The molecular formula is C12H23N3O3S. The number of carboxylic acid groups (broad SMARTS) is 1. The number of hydrogen-bond acceptors (Lipinski definition) is 4. The maximum Gasteiger partial charge on any atom is 0.327 e. The molecular weight excluding hydrogens is 266 g/mol. The van der Waals surface area contributed by atoms with Crippen molar-refractivity contribution >= 4 is 23.8 Å². The lowest BCUT2D eigenvalue weighted by atomic mass is 10.3. The summed E-state index contributed by atoms with van der Waals surface area (Å²) in [6.45, 7) is 4.12. The zero-order valence-electron chi connectivity index (χ0n) is 11.8. The summed E-state index contributed by atoms with van der Waals surface area (Å²) in [7, 11) is 3.99. The predicted molar refractivity (Wildman–Crippen MR) is 76.4 cm³/mol. The van der Waals surface area contributed by atoms with Crippen LogP contribution in [-0.2, 0) is 4.79 Å². The highest BCUT2D eigenvalue weighted by Gasteiger charge is 2.36. The average Bonchev–Trinajstić information content (AvgIpc) is 2.82. The third-order valence-corrected chi connectivity index (χ3v) is 4.11. The fraction of sp³-hybridized carbons (Fsp3) is 0.833. The van der Waals surface area contributed by atoms with Crippen molar-refractivity contribution in [1.29, 1.82) is 0 Å². The van der Waals surface area contributed by atoms with Gasteiger partial charge in [0.2, 0.25) is 0 Å². The minimum absolute atomic E-state index is 0.154. The Bertz CT molecular complexity index is 325. The Morgan fingerprint density at radius 2 is 2.05 bits per heavy atom. The van der Waals surface area contributed by atoms with Crippen LogP contribution in [0, 0.1) is 0 Å². The van der Waals surface area contributed by atoms with Crippen LogP contribution in [0.5, 0.6) is 0 Å². The molecule has 2 amide bonds. The molecule has 1 N–H and O–H groups in total. The summed E-state index contributed by atoms with van der Waals surface area (Å²) >= 11 is 1.49. The lowest BCUT2D eigenvalue weighted by Gasteiger charge is -2.29. The first-order chi connectivity index (χ1) is 8.97. The summed E-state index contributed by atoms with van der Waals surface area (Å²) in [6.07, 6.45) is 0.894. The van der Waals surface area contributed by atoms with E-state index in [1.54, 1.807) is 4.90 Å². The molecule has 0 saturated carbocycles. The molecule has 1 aliphatic rings. The van der Waals surface area contributed by atoms with Gasteiger partial charge in [0.05, 0.1) is 5.88 Å². The van der Waals surface area contributed by atoms with Gasteiger partial charge in [-0.3, -0.25) is 0 Å². The van der Waals surface area contributed by atoms with E-state index in [4.69, 9.17) is 5.11 Å². The Balaban J connectivity index is 2.55. The summed E-state index contributed by atoms with van der Waals surface area (Å²) in [5.41, 5.74) is 0. The van der Waals surface area contributed by atoms with Crippen molar-refractivity contribution in [2.24, 2.45) is 0 Å². The number of carbonyl (C=O) groups excluding carboxylic acids is 1. The van der Waals surface area contributed by atoms with Crippen molar-refractivity contribution in [3.05, 3.63) is 0 Å². The highest BCUT2D eigenvalue weighted by Crippen LogP contribution is 2.22. The summed E-state index contributed by atoms with van der Waals surface area (Å²) in [4.78, 5) is 28.7. The maximum atomic E-state index is 12.3. The second-order valence-corrected chi connectivity index (χ2v) is 5.84. The molecule has 1 fully saturated rings. The SMILES string of the molecule is CCN(CCCN(C)C)C(=O)N1CSCC1C(=O)O. The van der Waals surface area contributed by atoms with Gasteiger partial charge in [-0.1, -0.05) is 0 Å². The Morgan fingerprint density at radius 1 is 1.37 bits per heavy atom. The van der Waals surface area contributed by atoms with Gasteiger partial charge in [-0.15, -0.1) is 11.8 Å². The van der Waals surface area contributed by atoms with Gasteiger partial charge < -0.3 is 19.8 Å². The molecule has 1 unspecified atom stereocenters. The van der Waals surface area contributed by atoms with Crippen molar-refractivity contribution in [2.75, 3.05) is 45.4 Å². The summed E-state index contributed by atoms with van der Waals surface area (Å²) < 4.78 is 0. The second kappa shape index (κ2) is 7.59. The van der Waals surface area contributed by atoms with E-state index in [1.165, 1.54) is 16.7 Å².